The molecule has 4 rings (SSSR count). The van der Waals surface area contributed by atoms with E-state index in [1.807, 2.05) is 61.7 Å². The topological polar surface area (TPSA) is 77.1 Å². The van der Waals surface area contributed by atoms with Crippen LogP contribution in [-0.2, 0) is 0 Å². The summed E-state index contributed by atoms with van der Waals surface area (Å²) in [4.78, 5) is 12.6. The number of hydrogen-bond acceptors (Lipinski definition) is 4. The van der Waals surface area contributed by atoms with Crippen LogP contribution in [0.15, 0.2) is 48.7 Å². The summed E-state index contributed by atoms with van der Waals surface area (Å²) in [6.45, 7) is 5.66. The molecule has 3 heterocycles. The predicted octanol–water partition coefficient (Wildman–Crippen LogP) is 3.68. The molecule has 7 nitrogen and oxygen atoms in total. The van der Waals surface area contributed by atoms with Gasteiger partial charge in [0.1, 0.15) is 0 Å². The quantitative estimate of drug-likeness (QED) is 0.572. The average molecular weight is 395 g/mol. The van der Waals surface area contributed by atoms with Gasteiger partial charge >= 0.3 is 0 Å². The highest BCUT2D eigenvalue weighted by Crippen LogP contribution is 2.22. The first kappa shape index (κ1) is 18.2. The SMILES string of the molecule is Cc1nn(-c2ccc(C(=O)NC(C)c3nnc4ccccn34)cc2)c(C)c1Cl. The van der Waals surface area contributed by atoms with Crippen LogP contribution in [0.5, 0.6) is 0 Å². The molecule has 0 aliphatic carbocycles. The van der Waals surface area contributed by atoms with E-state index in [2.05, 4.69) is 20.6 Å². The minimum Gasteiger partial charge on any atom is -0.342 e. The largest absolute Gasteiger partial charge is 0.342 e. The molecule has 1 N–H and O–H groups in total. The summed E-state index contributed by atoms with van der Waals surface area (Å²) >= 11 is 6.22. The minimum atomic E-state index is -0.292. The Morgan fingerprint density at radius 2 is 1.86 bits per heavy atom. The Morgan fingerprint density at radius 1 is 1.11 bits per heavy atom. The maximum atomic E-state index is 12.6. The predicted molar refractivity (Wildman–Crippen MR) is 107 cm³/mol. The number of hydrogen-bond donors (Lipinski definition) is 1. The highest BCUT2D eigenvalue weighted by molar-refractivity contribution is 6.31. The van der Waals surface area contributed by atoms with E-state index in [9.17, 15) is 4.79 Å². The molecule has 0 aliphatic rings. The van der Waals surface area contributed by atoms with Gasteiger partial charge in [0.05, 0.1) is 28.1 Å². The molecule has 0 radical (unpaired) electrons. The molecule has 142 valence electrons. The Labute approximate surface area is 167 Å². The third kappa shape index (κ3) is 3.14. The maximum absolute atomic E-state index is 12.6. The van der Waals surface area contributed by atoms with Crippen LogP contribution >= 0.6 is 11.6 Å². The van der Waals surface area contributed by atoms with Crippen LogP contribution in [0.4, 0.5) is 0 Å². The first-order valence-electron chi connectivity index (χ1n) is 8.88. The van der Waals surface area contributed by atoms with Crippen LogP contribution in [0.3, 0.4) is 0 Å². The highest BCUT2D eigenvalue weighted by atomic mass is 35.5. The first-order chi connectivity index (χ1) is 13.5. The number of carbonyl (C=O) groups excluding carboxylic acids is 1. The number of amides is 1. The molecule has 1 amide bonds. The Hall–Kier alpha value is -3.19. The van der Waals surface area contributed by atoms with Crippen molar-refractivity contribution in [1.29, 1.82) is 0 Å². The van der Waals surface area contributed by atoms with Crippen molar-refractivity contribution in [3.8, 4) is 5.69 Å². The van der Waals surface area contributed by atoms with Gasteiger partial charge in [-0.1, -0.05) is 17.7 Å². The second-order valence-electron chi connectivity index (χ2n) is 6.63. The average Bonchev–Trinajstić information content (AvgIpc) is 3.25. The smallest absolute Gasteiger partial charge is 0.251 e. The van der Waals surface area contributed by atoms with Crippen LogP contribution in [0, 0.1) is 13.8 Å². The van der Waals surface area contributed by atoms with Crippen LogP contribution in [0.25, 0.3) is 11.3 Å². The Kier molecular flexibility index (Phi) is 4.60. The fourth-order valence-electron chi connectivity index (χ4n) is 3.13. The molecule has 0 aliphatic heterocycles. The summed E-state index contributed by atoms with van der Waals surface area (Å²) in [5.74, 6) is 0.496. The van der Waals surface area contributed by atoms with Crippen molar-refractivity contribution in [1.82, 2.24) is 29.7 Å². The van der Waals surface area contributed by atoms with E-state index in [0.717, 1.165) is 22.7 Å². The number of aryl methyl sites for hydroxylation is 1. The van der Waals surface area contributed by atoms with Gasteiger partial charge in [-0.25, -0.2) is 4.68 Å². The summed E-state index contributed by atoms with van der Waals surface area (Å²) in [5.41, 5.74) is 3.78. The number of pyridine rings is 1. The molecule has 8 heteroatoms. The van der Waals surface area contributed by atoms with Gasteiger partial charge in [-0.3, -0.25) is 9.20 Å². The molecule has 1 aromatic carbocycles. The molecular weight excluding hydrogens is 376 g/mol. The summed E-state index contributed by atoms with van der Waals surface area (Å²) in [7, 11) is 0. The number of nitrogens with one attached hydrogen (secondary N) is 1. The van der Waals surface area contributed by atoms with Crippen molar-refractivity contribution in [2.24, 2.45) is 0 Å². The molecule has 4 aromatic rings. The van der Waals surface area contributed by atoms with Gasteiger partial charge in [0.15, 0.2) is 11.5 Å². The Bertz CT molecular complexity index is 1160. The van der Waals surface area contributed by atoms with Crippen LogP contribution in [0.1, 0.15) is 40.5 Å². The van der Waals surface area contributed by atoms with Gasteiger partial charge in [0.25, 0.3) is 5.91 Å². The maximum Gasteiger partial charge on any atom is 0.251 e. The van der Waals surface area contributed by atoms with Crippen LogP contribution in [-0.4, -0.2) is 30.3 Å². The third-order valence-corrected chi connectivity index (χ3v) is 5.20. The fourth-order valence-corrected chi connectivity index (χ4v) is 3.25. The summed E-state index contributed by atoms with van der Waals surface area (Å²) in [5, 5.41) is 16.4. The summed E-state index contributed by atoms with van der Waals surface area (Å²) in [6.07, 6.45) is 1.88. The Morgan fingerprint density at radius 3 is 2.54 bits per heavy atom. The second kappa shape index (κ2) is 7.09. The van der Waals surface area contributed by atoms with Crippen molar-refractivity contribution < 1.29 is 4.79 Å². The standard InChI is InChI=1S/C20H19ClN6O/c1-12-18(21)14(3)27(25-12)16-9-7-15(8-10-16)20(28)22-13(2)19-24-23-17-6-4-5-11-26(17)19/h4-11,13H,1-3H3,(H,22,28). The molecule has 0 fully saturated rings. The number of halogens is 1. The summed E-state index contributed by atoms with van der Waals surface area (Å²) < 4.78 is 3.63. The van der Waals surface area contributed by atoms with Crippen molar-refractivity contribution in [3.05, 3.63) is 76.5 Å². The number of aromatic nitrogens is 5. The van der Waals surface area contributed by atoms with Crippen molar-refractivity contribution in [2.45, 2.75) is 26.8 Å². The van der Waals surface area contributed by atoms with Gasteiger partial charge in [-0.2, -0.15) is 5.10 Å². The van der Waals surface area contributed by atoms with E-state index in [-0.39, 0.29) is 11.9 Å². The Balaban J connectivity index is 1.53. The lowest BCUT2D eigenvalue weighted by Gasteiger charge is -2.13. The van der Waals surface area contributed by atoms with Gasteiger partial charge in [-0.15, -0.1) is 10.2 Å². The second-order valence-corrected chi connectivity index (χ2v) is 7.00. The number of benzene rings is 1. The van der Waals surface area contributed by atoms with Crippen molar-refractivity contribution in [2.75, 3.05) is 0 Å². The molecule has 1 unspecified atom stereocenters. The van der Waals surface area contributed by atoms with Crippen LogP contribution < -0.4 is 5.32 Å². The molecule has 0 saturated heterocycles. The number of carbonyl (C=O) groups is 1. The molecule has 1 atom stereocenters. The van der Waals surface area contributed by atoms with Gasteiger partial charge < -0.3 is 5.32 Å². The third-order valence-electron chi connectivity index (χ3n) is 4.65. The zero-order valence-corrected chi connectivity index (χ0v) is 16.5. The van der Waals surface area contributed by atoms with E-state index in [4.69, 9.17) is 11.6 Å². The highest BCUT2D eigenvalue weighted by Gasteiger charge is 2.17. The molecule has 3 aromatic heterocycles. The fraction of sp³-hybridized carbons (Fsp3) is 0.200. The lowest BCUT2D eigenvalue weighted by atomic mass is 10.1. The molecule has 0 saturated carbocycles. The molecule has 0 spiro atoms. The lowest BCUT2D eigenvalue weighted by Crippen LogP contribution is -2.28. The number of fused-ring (bicyclic) bond motifs is 1. The molecular formula is C20H19ClN6O. The monoisotopic (exact) mass is 394 g/mol. The summed E-state index contributed by atoms with van der Waals surface area (Å²) in [6, 6.07) is 12.6. The van der Waals surface area contributed by atoms with E-state index in [1.54, 1.807) is 16.8 Å². The van der Waals surface area contributed by atoms with Crippen molar-refractivity contribution >= 4 is 23.2 Å². The normalized spacial score (nSPS) is 12.3. The van der Waals surface area contributed by atoms with Crippen LogP contribution in [0.2, 0.25) is 5.02 Å². The number of rotatable bonds is 4. The van der Waals surface area contributed by atoms with Gasteiger partial charge in [-0.05, 0) is 57.2 Å². The van der Waals surface area contributed by atoms with E-state index in [1.165, 1.54) is 0 Å². The lowest BCUT2D eigenvalue weighted by molar-refractivity contribution is 0.0938. The van der Waals surface area contributed by atoms with Gasteiger partial charge in [0.2, 0.25) is 0 Å². The van der Waals surface area contributed by atoms with Gasteiger partial charge in [0, 0.05) is 11.8 Å². The first-order valence-corrected chi connectivity index (χ1v) is 9.26. The van der Waals surface area contributed by atoms with E-state index < -0.39 is 0 Å². The zero-order chi connectivity index (χ0) is 19.8. The molecule has 0 bridgehead atoms. The van der Waals surface area contributed by atoms with E-state index >= 15 is 0 Å². The number of nitrogens with zero attached hydrogens (tertiary/aromatic N) is 5. The van der Waals surface area contributed by atoms with Crippen molar-refractivity contribution in [3.63, 3.8) is 0 Å². The molecule has 28 heavy (non-hydrogen) atoms. The van der Waals surface area contributed by atoms with E-state index in [0.29, 0.717) is 16.4 Å². The zero-order valence-electron chi connectivity index (χ0n) is 15.7. The minimum absolute atomic E-state index is 0.182.